The molecule has 2 amide bonds. The highest BCUT2D eigenvalue weighted by atomic mass is 32.1. The van der Waals surface area contributed by atoms with Gasteiger partial charge in [-0.2, -0.15) is 5.10 Å². The fourth-order valence-electron chi connectivity index (χ4n) is 3.02. The first-order valence-electron chi connectivity index (χ1n) is 9.10. The number of benzene rings is 2. The molecule has 0 aliphatic rings. The van der Waals surface area contributed by atoms with Crippen LogP contribution in [0.25, 0.3) is 10.9 Å². The lowest BCUT2D eigenvalue weighted by Crippen LogP contribution is -2.18. The molecule has 0 bridgehead atoms. The number of aromatic nitrogens is 1. The van der Waals surface area contributed by atoms with Gasteiger partial charge < -0.3 is 9.88 Å². The van der Waals surface area contributed by atoms with Crippen LogP contribution in [0.1, 0.15) is 15.2 Å². The summed E-state index contributed by atoms with van der Waals surface area (Å²) in [6.07, 6.45) is 3.36. The number of anilines is 1. The first-order chi connectivity index (χ1) is 14.6. The van der Waals surface area contributed by atoms with Crippen LogP contribution in [0.5, 0.6) is 0 Å². The van der Waals surface area contributed by atoms with Gasteiger partial charge in [-0.05, 0) is 41.8 Å². The predicted molar refractivity (Wildman–Crippen MR) is 116 cm³/mol. The van der Waals surface area contributed by atoms with Gasteiger partial charge in [0.05, 0.1) is 11.1 Å². The largest absolute Gasteiger partial charge is 0.337 e. The number of para-hydroxylation sites is 1. The number of fused-ring (bicyclic) bond motifs is 1. The topological polar surface area (TPSA) is 75.5 Å². The fraction of sp³-hybridized carbons (Fsp3) is 0.0455. The van der Waals surface area contributed by atoms with E-state index >= 15 is 0 Å². The van der Waals surface area contributed by atoms with Crippen molar-refractivity contribution in [3.63, 3.8) is 0 Å². The second-order valence-electron chi connectivity index (χ2n) is 6.46. The summed E-state index contributed by atoms with van der Waals surface area (Å²) in [4.78, 5) is 25.0. The molecule has 0 fully saturated rings. The zero-order valence-electron chi connectivity index (χ0n) is 15.7. The Morgan fingerprint density at radius 3 is 2.63 bits per heavy atom. The van der Waals surface area contributed by atoms with Gasteiger partial charge in [0.15, 0.2) is 0 Å². The number of thiophene rings is 1. The number of nitrogens with one attached hydrogen (secondary N) is 2. The highest BCUT2D eigenvalue weighted by Crippen LogP contribution is 2.20. The quantitative estimate of drug-likeness (QED) is 0.362. The standard InChI is InChI=1S/C22H17FN4O2S/c23-16-7-9-17(10-8-16)25-21(28)14-27-13-15(18-4-1-2-5-19(18)27)12-24-26-22(29)20-6-3-11-30-20/h1-13H,14H2,(H,25,28)(H,26,29)/b24-12-. The van der Waals surface area contributed by atoms with Crippen molar-refractivity contribution >= 4 is 46.0 Å². The first-order valence-corrected chi connectivity index (χ1v) is 9.98. The van der Waals surface area contributed by atoms with Crippen molar-refractivity contribution in [2.24, 2.45) is 5.10 Å². The molecule has 0 saturated heterocycles. The molecule has 0 aliphatic carbocycles. The van der Waals surface area contributed by atoms with Crippen molar-refractivity contribution in [1.29, 1.82) is 0 Å². The van der Waals surface area contributed by atoms with Gasteiger partial charge in [-0.1, -0.05) is 24.3 Å². The van der Waals surface area contributed by atoms with E-state index in [0.717, 1.165) is 16.5 Å². The van der Waals surface area contributed by atoms with Gasteiger partial charge in [0, 0.05) is 28.4 Å². The second kappa shape index (κ2) is 8.71. The molecule has 6 nitrogen and oxygen atoms in total. The van der Waals surface area contributed by atoms with E-state index in [1.54, 1.807) is 29.1 Å². The zero-order valence-corrected chi connectivity index (χ0v) is 16.5. The molecular formula is C22H17FN4O2S. The van der Waals surface area contributed by atoms with Crippen LogP contribution >= 0.6 is 11.3 Å². The van der Waals surface area contributed by atoms with Crippen LogP contribution in [0.15, 0.2) is 77.3 Å². The smallest absolute Gasteiger partial charge is 0.281 e. The van der Waals surface area contributed by atoms with Crippen molar-refractivity contribution < 1.29 is 14.0 Å². The Balaban J connectivity index is 1.50. The predicted octanol–water partition coefficient (Wildman–Crippen LogP) is 4.24. The molecule has 0 spiro atoms. The molecule has 150 valence electrons. The summed E-state index contributed by atoms with van der Waals surface area (Å²) < 4.78 is 14.8. The van der Waals surface area contributed by atoms with Gasteiger partial charge in [-0.25, -0.2) is 9.82 Å². The average Bonchev–Trinajstić information content (AvgIpc) is 3.39. The van der Waals surface area contributed by atoms with Crippen molar-refractivity contribution in [3.8, 4) is 0 Å². The van der Waals surface area contributed by atoms with E-state index in [0.29, 0.717) is 10.6 Å². The molecule has 0 saturated carbocycles. The van der Waals surface area contributed by atoms with Crippen LogP contribution in [0.2, 0.25) is 0 Å². The van der Waals surface area contributed by atoms with E-state index in [4.69, 9.17) is 0 Å². The number of rotatable bonds is 6. The second-order valence-corrected chi connectivity index (χ2v) is 7.41. The van der Waals surface area contributed by atoms with Gasteiger partial charge in [-0.15, -0.1) is 11.3 Å². The van der Waals surface area contributed by atoms with Crippen molar-refractivity contribution in [1.82, 2.24) is 9.99 Å². The van der Waals surface area contributed by atoms with E-state index in [-0.39, 0.29) is 24.2 Å². The van der Waals surface area contributed by atoms with E-state index < -0.39 is 0 Å². The molecule has 2 aromatic carbocycles. The van der Waals surface area contributed by atoms with Crippen molar-refractivity contribution in [2.45, 2.75) is 6.54 Å². The summed E-state index contributed by atoms with van der Waals surface area (Å²) in [5.41, 5.74) is 4.66. The summed E-state index contributed by atoms with van der Waals surface area (Å²) in [5, 5.41) is 9.52. The normalized spacial score (nSPS) is 11.1. The van der Waals surface area contributed by atoms with Crippen LogP contribution in [-0.4, -0.2) is 22.6 Å². The Labute approximate surface area is 175 Å². The molecule has 8 heteroatoms. The van der Waals surface area contributed by atoms with Crippen LogP contribution < -0.4 is 10.7 Å². The van der Waals surface area contributed by atoms with Crippen molar-refractivity contribution in [3.05, 3.63) is 88.5 Å². The van der Waals surface area contributed by atoms with Crippen LogP contribution in [0.4, 0.5) is 10.1 Å². The number of hydrazone groups is 1. The number of hydrogen-bond donors (Lipinski definition) is 2. The van der Waals surface area contributed by atoms with Crippen LogP contribution in [0.3, 0.4) is 0 Å². The average molecular weight is 420 g/mol. The molecule has 0 aliphatic heterocycles. The maximum atomic E-state index is 13.0. The molecule has 30 heavy (non-hydrogen) atoms. The molecular weight excluding hydrogens is 403 g/mol. The fourth-order valence-corrected chi connectivity index (χ4v) is 3.63. The monoisotopic (exact) mass is 420 g/mol. The highest BCUT2D eigenvalue weighted by Gasteiger charge is 2.11. The number of carbonyl (C=O) groups is 2. The zero-order chi connectivity index (χ0) is 20.9. The first kappa shape index (κ1) is 19.5. The lowest BCUT2D eigenvalue weighted by Gasteiger charge is -2.07. The summed E-state index contributed by atoms with van der Waals surface area (Å²) in [6.45, 7) is 0.0767. The van der Waals surface area contributed by atoms with Gasteiger partial charge >= 0.3 is 0 Å². The Hall–Kier alpha value is -3.78. The molecule has 2 aromatic heterocycles. The van der Waals surface area contributed by atoms with Gasteiger partial charge in [0.1, 0.15) is 12.4 Å². The minimum atomic E-state index is -0.362. The summed E-state index contributed by atoms with van der Waals surface area (Å²) in [5.74, 6) is -0.875. The number of halogens is 1. The maximum absolute atomic E-state index is 13.0. The lowest BCUT2D eigenvalue weighted by atomic mass is 10.2. The van der Waals surface area contributed by atoms with E-state index in [2.05, 4.69) is 15.8 Å². The number of hydrogen-bond acceptors (Lipinski definition) is 4. The molecule has 0 unspecified atom stereocenters. The van der Waals surface area contributed by atoms with Gasteiger partial charge in [0.25, 0.3) is 5.91 Å². The molecule has 4 rings (SSSR count). The van der Waals surface area contributed by atoms with Gasteiger partial charge in [-0.3, -0.25) is 9.59 Å². The molecule has 2 N–H and O–H groups in total. The van der Waals surface area contributed by atoms with Crippen molar-refractivity contribution in [2.75, 3.05) is 5.32 Å². The Morgan fingerprint density at radius 1 is 1.07 bits per heavy atom. The summed E-state index contributed by atoms with van der Waals surface area (Å²) in [6, 6.07) is 16.7. The number of amides is 2. The third kappa shape index (κ3) is 4.44. The maximum Gasteiger partial charge on any atom is 0.281 e. The Kier molecular flexibility index (Phi) is 5.67. The lowest BCUT2D eigenvalue weighted by molar-refractivity contribution is -0.116. The van der Waals surface area contributed by atoms with Crippen LogP contribution in [-0.2, 0) is 11.3 Å². The molecule has 2 heterocycles. The summed E-state index contributed by atoms with van der Waals surface area (Å²) >= 11 is 1.34. The summed E-state index contributed by atoms with van der Waals surface area (Å²) in [7, 11) is 0. The van der Waals surface area contributed by atoms with E-state index in [9.17, 15) is 14.0 Å². The highest BCUT2D eigenvalue weighted by molar-refractivity contribution is 7.12. The molecule has 4 aromatic rings. The third-order valence-electron chi connectivity index (χ3n) is 4.38. The van der Waals surface area contributed by atoms with Gasteiger partial charge in [0.2, 0.25) is 5.91 Å². The minimum absolute atomic E-state index is 0.0767. The number of nitrogens with zero attached hydrogens (tertiary/aromatic N) is 2. The molecule has 0 radical (unpaired) electrons. The van der Waals surface area contributed by atoms with Crippen LogP contribution in [0, 0.1) is 5.82 Å². The van der Waals surface area contributed by atoms with E-state index in [1.165, 1.54) is 35.6 Å². The number of carbonyl (C=O) groups excluding carboxylic acids is 2. The van der Waals surface area contributed by atoms with E-state index in [1.807, 2.05) is 29.6 Å². The Morgan fingerprint density at radius 2 is 1.87 bits per heavy atom. The minimum Gasteiger partial charge on any atom is -0.337 e. The Bertz CT molecular complexity index is 1210. The third-order valence-corrected chi connectivity index (χ3v) is 5.24. The SMILES string of the molecule is O=C(Cn1cc(/C=N\NC(=O)c2cccs2)c2ccccc21)Nc1ccc(F)cc1. The molecule has 0 atom stereocenters.